The Kier molecular flexibility index (Phi) is 4.40. The van der Waals surface area contributed by atoms with Crippen LogP contribution in [-0.2, 0) is 22.6 Å². The van der Waals surface area contributed by atoms with Gasteiger partial charge in [-0.1, -0.05) is 0 Å². The molecule has 18 heavy (non-hydrogen) atoms. The Labute approximate surface area is 104 Å². The molecule has 0 atom stereocenters. The molecule has 0 bridgehead atoms. The summed E-state index contributed by atoms with van der Waals surface area (Å²) in [5.41, 5.74) is -0.895. The molecule has 0 aliphatic carbocycles. The van der Waals surface area contributed by atoms with Crippen molar-refractivity contribution < 1.29 is 23.4 Å². The van der Waals surface area contributed by atoms with Gasteiger partial charge < -0.3 is 9.84 Å². The molecule has 0 fully saturated rings. The summed E-state index contributed by atoms with van der Waals surface area (Å²) in [7, 11) is 1.35. The number of carboxylic acid groups (broad SMARTS) is 1. The molecule has 1 rings (SSSR count). The van der Waals surface area contributed by atoms with Gasteiger partial charge in [0, 0.05) is 12.7 Å². The zero-order valence-electron chi connectivity index (χ0n) is 10.6. The van der Waals surface area contributed by atoms with Crippen molar-refractivity contribution in [1.82, 2.24) is 0 Å². The first-order valence-electron chi connectivity index (χ1n) is 5.47. The predicted molar refractivity (Wildman–Crippen MR) is 62.2 cm³/mol. The molecular weight excluding hydrogens is 242 g/mol. The lowest BCUT2D eigenvalue weighted by Crippen LogP contribution is -2.26. The van der Waals surface area contributed by atoms with E-state index >= 15 is 0 Å². The molecule has 5 heteroatoms. The third-order valence-corrected chi connectivity index (χ3v) is 2.71. The number of carboxylic acids is 1. The summed E-state index contributed by atoms with van der Waals surface area (Å²) >= 11 is 0. The molecule has 0 amide bonds. The predicted octanol–water partition coefficient (Wildman–Crippen LogP) is 2.76. The van der Waals surface area contributed by atoms with Crippen molar-refractivity contribution in [2.75, 3.05) is 7.11 Å². The van der Waals surface area contributed by atoms with Crippen molar-refractivity contribution in [2.24, 2.45) is 5.41 Å². The highest BCUT2D eigenvalue weighted by atomic mass is 19.1. The van der Waals surface area contributed by atoms with Crippen LogP contribution in [0.2, 0.25) is 0 Å². The number of hydrogen-bond acceptors (Lipinski definition) is 2. The summed E-state index contributed by atoms with van der Waals surface area (Å²) in [6.45, 7) is 2.86. The van der Waals surface area contributed by atoms with Crippen LogP contribution in [0.5, 0.6) is 0 Å². The Morgan fingerprint density at radius 1 is 1.33 bits per heavy atom. The van der Waals surface area contributed by atoms with E-state index in [4.69, 9.17) is 9.84 Å². The summed E-state index contributed by atoms with van der Waals surface area (Å²) in [6, 6.07) is 2.31. The second kappa shape index (κ2) is 5.44. The summed E-state index contributed by atoms with van der Waals surface area (Å²) < 4.78 is 31.9. The lowest BCUT2D eigenvalue weighted by Gasteiger charge is -2.19. The maximum atomic E-state index is 13.6. The summed E-state index contributed by atoms with van der Waals surface area (Å²) in [5.74, 6) is -2.44. The molecule has 0 radical (unpaired) electrons. The van der Waals surface area contributed by atoms with Gasteiger partial charge in [-0.25, -0.2) is 8.78 Å². The van der Waals surface area contributed by atoms with Crippen molar-refractivity contribution >= 4 is 5.97 Å². The van der Waals surface area contributed by atoms with Gasteiger partial charge in [-0.2, -0.15) is 0 Å². The fourth-order valence-corrected chi connectivity index (χ4v) is 1.63. The van der Waals surface area contributed by atoms with E-state index in [0.29, 0.717) is 5.56 Å². The van der Waals surface area contributed by atoms with Gasteiger partial charge in [-0.3, -0.25) is 4.79 Å². The SMILES string of the molecule is COCc1c(F)cc(CC(C)(C)C(=O)O)cc1F. The van der Waals surface area contributed by atoms with Crippen LogP contribution in [0.1, 0.15) is 25.0 Å². The van der Waals surface area contributed by atoms with Crippen molar-refractivity contribution in [3.8, 4) is 0 Å². The smallest absolute Gasteiger partial charge is 0.309 e. The van der Waals surface area contributed by atoms with Gasteiger partial charge in [-0.05, 0) is 38.0 Å². The first-order valence-corrected chi connectivity index (χ1v) is 5.47. The molecular formula is C13H16F2O3. The van der Waals surface area contributed by atoms with Crippen molar-refractivity contribution in [3.63, 3.8) is 0 Å². The minimum atomic E-state index is -1.07. The van der Waals surface area contributed by atoms with Crippen LogP contribution in [0.3, 0.4) is 0 Å². The quantitative estimate of drug-likeness (QED) is 0.883. The van der Waals surface area contributed by atoms with E-state index in [1.807, 2.05) is 0 Å². The Balaban J connectivity index is 3.03. The number of rotatable bonds is 5. The van der Waals surface area contributed by atoms with E-state index in [0.717, 1.165) is 12.1 Å². The van der Waals surface area contributed by atoms with Gasteiger partial charge in [0.15, 0.2) is 0 Å². The average Bonchev–Trinajstić information content (AvgIpc) is 2.22. The molecule has 3 nitrogen and oxygen atoms in total. The molecule has 0 heterocycles. The average molecular weight is 258 g/mol. The maximum Gasteiger partial charge on any atom is 0.309 e. The van der Waals surface area contributed by atoms with Crippen LogP contribution in [0, 0.1) is 17.0 Å². The lowest BCUT2D eigenvalue weighted by atomic mass is 9.85. The van der Waals surface area contributed by atoms with Gasteiger partial charge in [-0.15, -0.1) is 0 Å². The Bertz CT molecular complexity index is 433. The van der Waals surface area contributed by atoms with E-state index in [9.17, 15) is 13.6 Å². The van der Waals surface area contributed by atoms with E-state index in [2.05, 4.69) is 0 Å². The Morgan fingerprint density at radius 2 is 1.83 bits per heavy atom. The van der Waals surface area contributed by atoms with Crippen molar-refractivity contribution in [3.05, 3.63) is 34.9 Å². The van der Waals surface area contributed by atoms with E-state index in [-0.39, 0.29) is 18.6 Å². The number of methoxy groups -OCH3 is 1. The van der Waals surface area contributed by atoms with E-state index in [1.165, 1.54) is 21.0 Å². The first-order chi connectivity index (χ1) is 8.27. The second-order valence-electron chi connectivity index (χ2n) is 4.84. The molecule has 100 valence electrons. The van der Waals surface area contributed by atoms with Crippen molar-refractivity contribution in [1.29, 1.82) is 0 Å². The third-order valence-electron chi connectivity index (χ3n) is 2.71. The zero-order chi connectivity index (χ0) is 13.9. The van der Waals surface area contributed by atoms with Crippen LogP contribution < -0.4 is 0 Å². The second-order valence-corrected chi connectivity index (χ2v) is 4.84. The molecule has 1 N–H and O–H groups in total. The van der Waals surface area contributed by atoms with Crippen molar-refractivity contribution in [2.45, 2.75) is 26.9 Å². The number of ether oxygens (including phenoxy) is 1. The number of benzene rings is 1. The lowest BCUT2D eigenvalue weighted by molar-refractivity contribution is -0.146. The largest absolute Gasteiger partial charge is 0.481 e. The van der Waals surface area contributed by atoms with Gasteiger partial charge in [0.05, 0.1) is 12.0 Å². The minimum Gasteiger partial charge on any atom is -0.481 e. The van der Waals surface area contributed by atoms with Gasteiger partial charge in [0.25, 0.3) is 0 Å². The highest BCUT2D eigenvalue weighted by Crippen LogP contribution is 2.25. The van der Waals surface area contributed by atoms with Crippen LogP contribution in [0.4, 0.5) is 8.78 Å². The fraction of sp³-hybridized carbons (Fsp3) is 0.462. The Hall–Kier alpha value is -1.49. The minimum absolute atomic E-state index is 0.0590. The number of hydrogen-bond donors (Lipinski definition) is 1. The topological polar surface area (TPSA) is 46.5 Å². The first kappa shape index (κ1) is 14.6. The normalized spacial score (nSPS) is 11.6. The summed E-state index contributed by atoms with van der Waals surface area (Å²) in [4.78, 5) is 11.0. The monoisotopic (exact) mass is 258 g/mol. The molecule has 1 aromatic carbocycles. The number of halogens is 2. The van der Waals surface area contributed by atoms with Crippen LogP contribution in [-0.4, -0.2) is 18.2 Å². The third kappa shape index (κ3) is 3.26. The number of aliphatic carboxylic acids is 1. The van der Waals surface area contributed by atoms with E-state index in [1.54, 1.807) is 0 Å². The number of carbonyl (C=O) groups is 1. The molecule has 0 unspecified atom stereocenters. The highest BCUT2D eigenvalue weighted by molar-refractivity contribution is 5.74. The van der Waals surface area contributed by atoms with E-state index < -0.39 is 23.0 Å². The molecule has 0 aliphatic rings. The molecule has 0 aliphatic heterocycles. The zero-order valence-corrected chi connectivity index (χ0v) is 10.6. The van der Waals surface area contributed by atoms with Crippen LogP contribution >= 0.6 is 0 Å². The standard InChI is InChI=1S/C13H16F2O3/c1-13(2,12(16)17)6-8-4-10(14)9(7-18-3)11(15)5-8/h4-5H,6-7H2,1-3H3,(H,16,17). The molecule has 0 spiro atoms. The Morgan fingerprint density at radius 3 is 2.22 bits per heavy atom. The van der Waals surface area contributed by atoms with Crippen LogP contribution in [0.15, 0.2) is 12.1 Å². The fourth-order valence-electron chi connectivity index (χ4n) is 1.63. The maximum absolute atomic E-state index is 13.6. The summed E-state index contributed by atoms with van der Waals surface area (Å²) in [5, 5.41) is 8.97. The van der Waals surface area contributed by atoms with Gasteiger partial charge in [0.1, 0.15) is 11.6 Å². The van der Waals surface area contributed by atoms with Gasteiger partial charge >= 0.3 is 5.97 Å². The molecule has 1 aromatic rings. The van der Waals surface area contributed by atoms with Gasteiger partial charge in [0.2, 0.25) is 0 Å². The highest BCUT2D eigenvalue weighted by Gasteiger charge is 2.28. The van der Waals surface area contributed by atoms with Crippen LogP contribution in [0.25, 0.3) is 0 Å². The summed E-state index contributed by atoms with van der Waals surface area (Å²) in [6.07, 6.45) is 0.0590. The molecule has 0 saturated heterocycles. The molecule has 0 aromatic heterocycles. The molecule has 0 saturated carbocycles.